The van der Waals surface area contributed by atoms with Crippen molar-refractivity contribution in [2.75, 3.05) is 6.54 Å². The number of amides is 1. The highest BCUT2D eigenvalue weighted by Gasteiger charge is 2.45. The molecule has 0 aliphatic carbocycles. The van der Waals surface area contributed by atoms with Crippen LogP contribution in [0.1, 0.15) is 49.4 Å². The maximum atomic E-state index is 12.8. The molecule has 1 aliphatic heterocycles. The lowest BCUT2D eigenvalue weighted by Gasteiger charge is -2.25. The van der Waals surface area contributed by atoms with Crippen molar-refractivity contribution in [2.24, 2.45) is 0 Å². The Kier molecular flexibility index (Phi) is 5.83. The second-order valence-electron chi connectivity index (χ2n) is 6.99. The van der Waals surface area contributed by atoms with Crippen molar-refractivity contribution in [3.63, 3.8) is 0 Å². The molecular weight excluding hydrogens is 354 g/mol. The van der Waals surface area contributed by atoms with E-state index in [0.29, 0.717) is 17.7 Å². The van der Waals surface area contributed by atoms with Crippen molar-refractivity contribution < 1.29 is 19.8 Å². The minimum absolute atomic E-state index is 0.0936. The van der Waals surface area contributed by atoms with Crippen molar-refractivity contribution in [1.82, 2.24) is 4.90 Å². The lowest BCUT2D eigenvalue weighted by atomic mass is 9.94. The van der Waals surface area contributed by atoms with E-state index >= 15 is 0 Å². The Bertz CT molecular complexity index is 897. The second kappa shape index (κ2) is 8.30. The average Bonchev–Trinajstić information content (AvgIpc) is 2.97. The number of aromatic hydroxyl groups is 1. The number of carbonyl (C=O) groups is 2. The van der Waals surface area contributed by atoms with Crippen molar-refractivity contribution in [3.05, 3.63) is 70.8 Å². The number of Topliss-reactive ketones (excluding diaryl/α,β-unsaturated/α-hetero) is 1. The summed E-state index contributed by atoms with van der Waals surface area (Å²) in [6, 6.07) is 13.1. The standard InChI is InChI=1S/C23H25NO4/c1-3-5-14-24-20(16-10-12-18(25)13-11-16)19(22(27)23(24)28)21(26)17-8-6-15(4-2)7-9-17/h6-13,20,25-26H,3-5,14H2,1-2H3/b21-19-. The molecule has 5 nitrogen and oxygen atoms in total. The fourth-order valence-corrected chi connectivity index (χ4v) is 3.50. The van der Waals surface area contributed by atoms with Crippen molar-refractivity contribution in [2.45, 2.75) is 39.2 Å². The van der Waals surface area contributed by atoms with E-state index in [1.807, 2.05) is 26.0 Å². The van der Waals surface area contributed by atoms with Crippen LogP contribution in [0.2, 0.25) is 0 Å². The topological polar surface area (TPSA) is 77.8 Å². The number of likely N-dealkylation sites (tertiary alicyclic amines) is 1. The number of phenols is 1. The van der Waals surface area contributed by atoms with Gasteiger partial charge in [-0.1, -0.05) is 56.7 Å². The minimum Gasteiger partial charge on any atom is -0.508 e. The van der Waals surface area contributed by atoms with Crippen LogP contribution in [0.15, 0.2) is 54.1 Å². The van der Waals surface area contributed by atoms with Gasteiger partial charge in [0.25, 0.3) is 11.7 Å². The Morgan fingerprint density at radius 2 is 1.64 bits per heavy atom. The maximum Gasteiger partial charge on any atom is 0.295 e. The van der Waals surface area contributed by atoms with Gasteiger partial charge in [-0.15, -0.1) is 0 Å². The Labute approximate surface area is 164 Å². The molecule has 0 aromatic heterocycles. The highest BCUT2D eigenvalue weighted by atomic mass is 16.3. The Morgan fingerprint density at radius 3 is 2.21 bits per heavy atom. The predicted octanol–water partition coefficient (Wildman–Crippen LogP) is 4.18. The molecule has 0 bridgehead atoms. The van der Waals surface area contributed by atoms with Gasteiger partial charge in [-0.2, -0.15) is 0 Å². The smallest absolute Gasteiger partial charge is 0.295 e. The minimum atomic E-state index is -0.675. The summed E-state index contributed by atoms with van der Waals surface area (Å²) in [6.45, 7) is 4.48. The van der Waals surface area contributed by atoms with Crippen LogP contribution in [0.25, 0.3) is 5.76 Å². The van der Waals surface area contributed by atoms with E-state index in [4.69, 9.17) is 0 Å². The van der Waals surface area contributed by atoms with Gasteiger partial charge in [-0.25, -0.2) is 0 Å². The molecule has 1 amide bonds. The number of aryl methyl sites for hydroxylation is 1. The van der Waals surface area contributed by atoms with Crippen molar-refractivity contribution >= 4 is 17.4 Å². The van der Waals surface area contributed by atoms with Gasteiger partial charge in [-0.3, -0.25) is 9.59 Å². The van der Waals surface area contributed by atoms with Crippen LogP contribution in [-0.4, -0.2) is 33.3 Å². The van der Waals surface area contributed by atoms with Crippen LogP contribution in [0, 0.1) is 0 Å². The van der Waals surface area contributed by atoms with Gasteiger partial charge in [0.15, 0.2) is 0 Å². The summed E-state index contributed by atoms with van der Waals surface area (Å²) >= 11 is 0. The number of benzene rings is 2. The number of hydrogen-bond acceptors (Lipinski definition) is 4. The SMILES string of the molecule is CCCCN1C(=O)C(=O)/C(=C(\O)c2ccc(CC)cc2)C1c1ccc(O)cc1. The molecule has 146 valence electrons. The van der Waals surface area contributed by atoms with E-state index in [1.54, 1.807) is 24.3 Å². The Balaban J connectivity index is 2.12. The third-order valence-corrected chi connectivity index (χ3v) is 5.14. The third kappa shape index (κ3) is 3.65. The summed E-state index contributed by atoms with van der Waals surface area (Å²) in [4.78, 5) is 27.0. The molecule has 2 N–H and O–H groups in total. The van der Waals surface area contributed by atoms with Gasteiger partial charge < -0.3 is 15.1 Å². The largest absolute Gasteiger partial charge is 0.508 e. The van der Waals surface area contributed by atoms with Crippen LogP contribution in [0.3, 0.4) is 0 Å². The van der Waals surface area contributed by atoms with Crippen LogP contribution in [0.4, 0.5) is 0 Å². The van der Waals surface area contributed by atoms with Crippen LogP contribution in [-0.2, 0) is 16.0 Å². The number of rotatable bonds is 6. The van der Waals surface area contributed by atoms with Gasteiger partial charge >= 0.3 is 0 Å². The average molecular weight is 379 g/mol. The molecular formula is C23H25NO4. The Morgan fingerprint density at radius 1 is 1.00 bits per heavy atom. The van der Waals surface area contributed by atoms with Gasteiger partial charge in [0.1, 0.15) is 11.5 Å². The number of aliphatic hydroxyl groups is 1. The van der Waals surface area contributed by atoms with E-state index in [-0.39, 0.29) is 17.1 Å². The fraction of sp³-hybridized carbons (Fsp3) is 0.304. The summed E-state index contributed by atoms with van der Waals surface area (Å²) in [6.07, 6.45) is 2.51. The van der Waals surface area contributed by atoms with Gasteiger partial charge in [0.05, 0.1) is 11.6 Å². The summed E-state index contributed by atoms with van der Waals surface area (Å²) in [5.74, 6) is -1.34. The molecule has 1 atom stereocenters. The van der Waals surface area contributed by atoms with E-state index in [2.05, 4.69) is 0 Å². The second-order valence-corrected chi connectivity index (χ2v) is 6.99. The van der Waals surface area contributed by atoms with Crippen molar-refractivity contribution in [1.29, 1.82) is 0 Å². The molecule has 1 heterocycles. The summed E-state index contributed by atoms with van der Waals surface area (Å²) in [7, 11) is 0. The number of phenolic OH excluding ortho intramolecular Hbond substituents is 1. The first-order chi connectivity index (χ1) is 13.5. The molecule has 1 fully saturated rings. The fourth-order valence-electron chi connectivity index (χ4n) is 3.50. The molecule has 28 heavy (non-hydrogen) atoms. The zero-order valence-corrected chi connectivity index (χ0v) is 16.2. The molecule has 1 aliphatic rings. The van der Waals surface area contributed by atoms with Crippen LogP contribution >= 0.6 is 0 Å². The van der Waals surface area contributed by atoms with Gasteiger partial charge in [0.2, 0.25) is 0 Å². The van der Waals surface area contributed by atoms with Gasteiger partial charge in [-0.05, 0) is 36.1 Å². The molecule has 2 aromatic rings. The van der Waals surface area contributed by atoms with E-state index in [9.17, 15) is 19.8 Å². The lowest BCUT2D eigenvalue weighted by Crippen LogP contribution is -2.30. The number of ketones is 1. The lowest BCUT2D eigenvalue weighted by molar-refractivity contribution is -0.139. The maximum absolute atomic E-state index is 12.8. The molecule has 3 rings (SSSR count). The first kappa shape index (κ1) is 19.7. The number of carbonyl (C=O) groups excluding carboxylic acids is 2. The Hall–Kier alpha value is -3.08. The summed E-state index contributed by atoms with van der Waals surface area (Å²) in [5, 5.41) is 20.5. The van der Waals surface area contributed by atoms with Gasteiger partial charge in [0, 0.05) is 12.1 Å². The monoisotopic (exact) mass is 379 g/mol. The first-order valence-corrected chi connectivity index (χ1v) is 9.64. The summed E-state index contributed by atoms with van der Waals surface area (Å²) < 4.78 is 0. The molecule has 1 unspecified atom stereocenters. The zero-order valence-electron chi connectivity index (χ0n) is 16.2. The quantitative estimate of drug-likeness (QED) is 0.448. The normalized spacial score (nSPS) is 18.6. The molecule has 0 saturated carbocycles. The van der Waals surface area contributed by atoms with E-state index < -0.39 is 17.7 Å². The highest BCUT2D eigenvalue weighted by Crippen LogP contribution is 2.39. The number of hydrogen-bond donors (Lipinski definition) is 2. The highest BCUT2D eigenvalue weighted by molar-refractivity contribution is 6.46. The van der Waals surface area contributed by atoms with E-state index in [1.165, 1.54) is 17.0 Å². The van der Waals surface area contributed by atoms with Crippen LogP contribution in [0.5, 0.6) is 5.75 Å². The number of nitrogens with zero attached hydrogens (tertiary/aromatic N) is 1. The summed E-state index contributed by atoms with van der Waals surface area (Å²) in [5.41, 5.74) is 2.40. The third-order valence-electron chi connectivity index (χ3n) is 5.14. The zero-order chi connectivity index (χ0) is 20.3. The van der Waals surface area contributed by atoms with E-state index in [0.717, 1.165) is 24.8 Å². The molecule has 0 radical (unpaired) electrons. The number of aliphatic hydroxyl groups excluding tert-OH is 1. The van der Waals surface area contributed by atoms with Crippen molar-refractivity contribution in [3.8, 4) is 5.75 Å². The molecule has 2 aromatic carbocycles. The molecule has 0 spiro atoms. The predicted molar refractivity (Wildman–Crippen MR) is 108 cm³/mol. The first-order valence-electron chi connectivity index (χ1n) is 9.64. The molecule has 5 heteroatoms. The van der Waals surface area contributed by atoms with Crippen LogP contribution < -0.4 is 0 Å². The molecule has 1 saturated heterocycles. The number of unbranched alkanes of at least 4 members (excludes halogenated alkanes) is 1.